The molecule has 0 heterocycles. The van der Waals surface area contributed by atoms with E-state index < -0.39 is 21.9 Å². The van der Waals surface area contributed by atoms with Gasteiger partial charge in [0.2, 0.25) is 10.0 Å². The molecule has 0 aliphatic carbocycles. The molecule has 0 radical (unpaired) electrons. The molecule has 1 aromatic rings. The average Bonchev–Trinajstić information content (AvgIpc) is 2.36. The minimum Gasteiger partial charge on any atom is -0.392 e. The van der Waals surface area contributed by atoms with Crippen molar-refractivity contribution in [3.8, 4) is 6.07 Å². The van der Waals surface area contributed by atoms with Gasteiger partial charge in [0.25, 0.3) is 0 Å². The third-order valence-electron chi connectivity index (χ3n) is 2.62. The van der Waals surface area contributed by atoms with Crippen LogP contribution in [-0.4, -0.2) is 26.2 Å². The molecule has 1 rings (SSSR count). The lowest BCUT2D eigenvalue weighted by Crippen LogP contribution is -2.32. The van der Waals surface area contributed by atoms with E-state index in [2.05, 4.69) is 4.72 Å². The summed E-state index contributed by atoms with van der Waals surface area (Å²) in [6, 6.07) is 4.55. The van der Waals surface area contributed by atoms with Crippen LogP contribution < -0.4 is 4.72 Å². The molecule has 2 N–H and O–H groups in total. The average molecular weight is 300 g/mol. The minimum atomic E-state index is -3.87. The van der Waals surface area contributed by atoms with Gasteiger partial charge in [0.15, 0.2) is 0 Å². The molecule has 0 spiro atoms. The van der Waals surface area contributed by atoms with Gasteiger partial charge in [-0.15, -0.1) is 0 Å². The zero-order chi connectivity index (χ0) is 15.3. The minimum absolute atomic E-state index is 0.125. The highest BCUT2D eigenvalue weighted by molar-refractivity contribution is 7.89. The lowest BCUT2D eigenvalue weighted by Gasteiger charge is -2.14. The number of aliphatic hydroxyl groups excluding tert-OH is 1. The van der Waals surface area contributed by atoms with Crippen LogP contribution in [0.3, 0.4) is 0 Å². The zero-order valence-corrected chi connectivity index (χ0v) is 12.1. The molecule has 5 nitrogen and oxygen atoms in total. The highest BCUT2D eigenvalue weighted by Crippen LogP contribution is 2.14. The molecular formula is C13H17FN2O3S. The van der Waals surface area contributed by atoms with Gasteiger partial charge in [0, 0.05) is 6.54 Å². The molecule has 0 saturated carbocycles. The Hall–Kier alpha value is -1.49. The second kappa shape index (κ2) is 6.79. The smallest absolute Gasteiger partial charge is 0.240 e. The predicted octanol–water partition coefficient (Wildman–Crippen LogP) is 1.38. The van der Waals surface area contributed by atoms with Crippen molar-refractivity contribution in [3.05, 3.63) is 29.6 Å². The summed E-state index contributed by atoms with van der Waals surface area (Å²) in [6.45, 7) is 3.70. The second-order valence-electron chi connectivity index (χ2n) is 4.89. The highest BCUT2D eigenvalue weighted by Gasteiger charge is 2.18. The molecule has 0 amide bonds. The molecule has 110 valence electrons. The van der Waals surface area contributed by atoms with Crippen LogP contribution in [0.4, 0.5) is 4.39 Å². The van der Waals surface area contributed by atoms with E-state index >= 15 is 0 Å². The van der Waals surface area contributed by atoms with Gasteiger partial charge in [-0.25, -0.2) is 17.5 Å². The molecular weight excluding hydrogens is 283 g/mol. The van der Waals surface area contributed by atoms with E-state index in [1.165, 1.54) is 0 Å². The third kappa shape index (κ3) is 4.56. The Balaban J connectivity index is 2.82. The standard InChI is InChI=1S/C13H17FN2O3S/c1-9(2)5-11(17)8-16-20(18,19)12-3-4-13(14)10(6-12)7-15/h3-4,6,9,11,16-17H,5,8H2,1-2H3. The quantitative estimate of drug-likeness (QED) is 0.830. The van der Waals surface area contributed by atoms with Crippen LogP contribution in [0.1, 0.15) is 25.8 Å². The molecule has 1 atom stereocenters. The number of nitriles is 1. The molecule has 0 aliphatic heterocycles. The normalized spacial score (nSPS) is 13.2. The topological polar surface area (TPSA) is 90.2 Å². The number of hydrogen-bond acceptors (Lipinski definition) is 4. The predicted molar refractivity (Wildman–Crippen MR) is 71.8 cm³/mol. The number of rotatable bonds is 6. The Bertz CT molecular complexity index is 609. The molecule has 0 saturated heterocycles. The maximum absolute atomic E-state index is 13.1. The van der Waals surface area contributed by atoms with E-state index in [4.69, 9.17) is 5.26 Å². The number of sulfonamides is 1. The number of hydrogen-bond donors (Lipinski definition) is 2. The monoisotopic (exact) mass is 300 g/mol. The first-order chi connectivity index (χ1) is 9.26. The second-order valence-corrected chi connectivity index (χ2v) is 6.66. The SMILES string of the molecule is CC(C)CC(O)CNS(=O)(=O)c1ccc(F)c(C#N)c1. The molecule has 1 aromatic carbocycles. The van der Waals surface area contributed by atoms with Crippen molar-refractivity contribution in [3.63, 3.8) is 0 Å². The summed E-state index contributed by atoms with van der Waals surface area (Å²) in [6.07, 6.45) is -0.323. The maximum atomic E-state index is 13.1. The van der Waals surface area contributed by atoms with E-state index in [1.54, 1.807) is 6.07 Å². The van der Waals surface area contributed by atoms with Gasteiger partial charge in [-0.2, -0.15) is 5.26 Å². The fourth-order valence-corrected chi connectivity index (χ4v) is 2.77. The summed E-state index contributed by atoms with van der Waals surface area (Å²) < 4.78 is 39.3. The number of aliphatic hydroxyl groups is 1. The molecule has 0 aromatic heterocycles. The van der Waals surface area contributed by atoms with Gasteiger partial charge in [0.1, 0.15) is 11.9 Å². The van der Waals surface area contributed by atoms with Gasteiger partial charge in [-0.3, -0.25) is 0 Å². The van der Waals surface area contributed by atoms with E-state index in [9.17, 15) is 17.9 Å². The lowest BCUT2D eigenvalue weighted by atomic mass is 10.1. The van der Waals surface area contributed by atoms with Crippen LogP contribution in [-0.2, 0) is 10.0 Å². The number of nitrogens with zero attached hydrogens (tertiary/aromatic N) is 1. The first-order valence-corrected chi connectivity index (χ1v) is 7.62. The number of benzene rings is 1. The maximum Gasteiger partial charge on any atom is 0.240 e. The van der Waals surface area contributed by atoms with Crippen LogP contribution in [0, 0.1) is 23.1 Å². The lowest BCUT2D eigenvalue weighted by molar-refractivity contribution is 0.152. The Morgan fingerprint density at radius 3 is 2.65 bits per heavy atom. The van der Waals surface area contributed by atoms with E-state index in [0.717, 1.165) is 18.2 Å². The molecule has 0 aliphatic rings. The molecule has 1 unspecified atom stereocenters. The van der Waals surface area contributed by atoms with Crippen molar-refractivity contribution in [2.45, 2.75) is 31.3 Å². The van der Waals surface area contributed by atoms with E-state index in [1.807, 2.05) is 13.8 Å². The van der Waals surface area contributed by atoms with Crippen molar-refractivity contribution in [1.82, 2.24) is 4.72 Å². The number of halogens is 1. The number of nitrogens with one attached hydrogen (secondary N) is 1. The molecule has 0 bridgehead atoms. The van der Waals surface area contributed by atoms with Crippen LogP contribution in [0.2, 0.25) is 0 Å². The summed E-state index contributed by atoms with van der Waals surface area (Å²) in [5.41, 5.74) is -0.337. The summed E-state index contributed by atoms with van der Waals surface area (Å²) in [4.78, 5) is -0.202. The van der Waals surface area contributed by atoms with Crippen LogP contribution in [0.25, 0.3) is 0 Å². The van der Waals surface area contributed by atoms with Crippen molar-refractivity contribution in [2.75, 3.05) is 6.54 Å². The Morgan fingerprint density at radius 2 is 2.10 bits per heavy atom. The Labute approximate surface area is 118 Å². The first-order valence-electron chi connectivity index (χ1n) is 6.13. The summed E-state index contributed by atoms with van der Waals surface area (Å²) in [5, 5.41) is 18.3. The Morgan fingerprint density at radius 1 is 1.45 bits per heavy atom. The highest BCUT2D eigenvalue weighted by atomic mass is 32.2. The zero-order valence-electron chi connectivity index (χ0n) is 11.3. The van der Waals surface area contributed by atoms with Crippen molar-refractivity contribution >= 4 is 10.0 Å². The van der Waals surface area contributed by atoms with Gasteiger partial charge in [0.05, 0.1) is 16.6 Å². The third-order valence-corrected chi connectivity index (χ3v) is 4.04. The molecule has 20 heavy (non-hydrogen) atoms. The van der Waals surface area contributed by atoms with Crippen molar-refractivity contribution < 1.29 is 17.9 Å². The molecule has 0 fully saturated rings. The van der Waals surface area contributed by atoms with Crippen LogP contribution >= 0.6 is 0 Å². The van der Waals surface area contributed by atoms with Gasteiger partial charge in [-0.1, -0.05) is 13.8 Å². The van der Waals surface area contributed by atoms with E-state index in [0.29, 0.717) is 6.42 Å². The van der Waals surface area contributed by atoms with Gasteiger partial charge < -0.3 is 5.11 Å². The Kier molecular flexibility index (Phi) is 5.62. The van der Waals surface area contributed by atoms with Crippen molar-refractivity contribution in [2.24, 2.45) is 5.92 Å². The first kappa shape index (κ1) is 16.6. The summed E-state index contributed by atoms with van der Waals surface area (Å²) in [5.74, 6) is -0.531. The van der Waals surface area contributed by atoms with Gasteiger partial charge >= 0.3 is 0 Å². The van der Waals surface area contributed by atoms with E-state index in [-0.39, 0.29) is 22.9 Å². The van der Waals surface area contributed by atoms with Gasteiger partial charge in [-0.05, 0) is 30.5 Å². The summed E-state index contributed by atoms with van der Waals surface area (Å²) >= 11 is 0. The fourth-order valence-electron chi connectivity index (χ4n) is 1.67. The fraction of sp³-hybridized carbons (Fsp3) is 0.462. The summed E-state index contributed by atoms with van der Waals surface area (Å²) in [7, 11) is -3.87. The van der Waals surface area contributed by atoms with Crippen molar-refractivity contribution in [1.29, 1.82) is 5.26 Å². The van der Waals surface area contributed by atoms with Crippen LogP contribution in [0.15, 0.2) is 23.1 Å². The van der Waals surface area contributed by atoms with Crippen LogP contribution in [0.5, 0.6) is 0 Å². The molecule has 7 heteroatoms. The largest absolute Gasteiger partial charge is 0.392 e.